The molecule has 1 aromatic carbocycles. The Morgan fingerprint density at radius 2 is 1.78 bits per heavy atom. The number of nitrogens with zero attached hydrogens (tertiary/aromatic N) is 4. The van der Waals surface area contributed by atoms with Crippen LogP contribution < -0.4 is 14.8 Å². The van der Waals surface area contributed by atoms with Gasteiger partial charge in [-0.2, -0.15) is 0 Å². The number of benzene rings is 1. The average molecular weight is 392 g/mol. The first-order chi connectivity index (χ1) is 13.0. The average Bonchev–Trinajstić information content (AvgIpc) is 2.69. The van der Waals surface area contributed by atoms with E-state index in [0.717, 1.165) is 13.1 Å². The minimum Gasteiger partial charge on any atom is -0.495 e. The van der Waals surface area contributed by atoms with Gasteiger partial charge in [-0.3, -0.25) is 4.79 Å². The van der Waals surface area contributed by atoms with Crippen LogP contribution in [0.4, 0.5) is 11.5 Å². The van der Waals surface area contributed by atoms with Gasteiger partial charge in [0.15, 0.2) is 0 Å². The molecule has 0 radical (unpaired) electrons. The van der Waals surface area contributed by atoms with E-state index in [1.165, 1.54) is 19.5 Å². The number of carbonyl (C=O) groups excluding carboxylic acids is 1. The van der Waals surface area contributed by atoms with Crippen molar-refractivity contribution >= 4 is 29.0 Å². The standard InChI is InChI=1S/C18H22ClN5O3/c1-23-4-6-24(7-5-23)18(25)14-10-21-17(11-20-14)22-13-9-15(26-2)12(19)8-16(13)27-3/h8-11H,4-7H2,1-3H3,(H,21,22). The molecule has 27 heavy (non-hydrogen) atoms. The van der Waals surface area contributed by atoms with Crippen LogP contribution in [0, 0.1) is 0 Å². The lowest BCUT2D eigenvalue weighted by Gasteiger charge is -2.32. The lowest BCUT2D eigenvalue weighted by molar-refractivity contribution is 0.0658. The molecule has 2 aromatic rings. The van der Waals surface area contributed by atoms with Crippen molar-refractivity contribution in [2.45, 2.75) is 0 Å². The molecule has 3 rings (SSSR count). The summed E-state index contributed by atoms with van der Waals surface area (Å²) in [6.07, 6.45) is 2.99. The molecule has 0 unspecified atom stereocenters. The summed E-state index contributed by atoms with van der Waals surface area (Å²) < 4.78 is 10.6. The molecule has 0 atom stereocenters. The highest BCUT2D eigenvalue weighted by Crippen LogP contribution is 2.36. The highest BCUT2D eigenvalue weighted by Gasteiger charge is 2.21. The topological polar surface area (TPSA) is 79.8 Å². The molecule has 1 N–H and O–H groups in total. The third kappa shape index (κ3) is 4.40. The molecule has 0 bridgehead atoms. The molecule has 1 saturated heterocycles. The van der Waals surface area contributed by atoms with Gasteiger partial charge < -0.3 is 24.6 Å². The lowest BCUT2D eigenvalue weighted by Crippen LogP contribution is -2.47. The predicted molar refractivity (Wildman–Crippen MR) is 103 cm³/mol. The zero-order valence-electron chi connectivity index (χ0n) is 15.5. The molecule has 9 heteroatoms. The molecule has 2 heterocycles. The van der Waals surface area contributed by atoms with Crippen LogP contribution in [0.3, 0.4) is 0 Å². The van der Waals surface area contributed by atoms with Gasteiger partial charge in [0, 0.05) is 38.3 Å². The Kier molecular flexibility index (Phi) is 5.98. The molecule has 0 aliphatic carbocycles. The largest absolute Gasteiger partial charge is 0.495 e. The fourth-order valence-corrected chi connectivity index (χ4v) is 3.00. The van der Waals surface area contributed by atoms with Crippen LogP contribution in [0.25, 0.3) is 0 Å². The molecular formula is C18H22ClN5O3. The fourth-order valence-electron chi connectivity index (χ4n) is 2.77. The van der Waals surface area contributed by atoms with E-state index in [4.69, 9.17) is 21.1 Å². The van der Waals surface area contributed by atoms with Gasteiger partial charge in [-0.25, -0.2) is 9.97 Å². The second-order valence-corrected chi connectivity index (χ2v) is 6.60. The molecule has 8 nitrogen and oxygen atoms in total. The SMILES string of the molecule is COc1cc(Nc2cnc(C(=O)N3CCN(C)CC3)cn2)c(OC)cc1Cl. The van der Waals surface area contributed by atoms with Crippen molar-refractivity contribution in [3.05, 3.63) is 35.2 Å². The van der Waals surface area contributed by atoms with Crippen LogP contribution in [-0.4, -0.2) is 73.1 Å². The molecule has 1 amide bonds. The highest BCUT2D eigenvalue weighted by atomic mass is 35.5. The number of anilines is 2. The summed E-state index contributed by atoms with van der Waals surface area (Å²) in [7, 11) is 5.13. The number of halogens is 1. The van der Waals surface area contributed by atoms with E-state index in [1.807, 2.05) is 7.05 Å². The predicted octanol–water partition coefficient (Wildman–Crippen LogP) is 2.28. The summed E-state index contributed by atoms with van der Waals surface area (Å²) in [6.45, 7) is 3.10. The van der Waals surface area contributed by atoms with Crippen LogP contribution >= 0.6 is 11.6 Å². The first kappa shape index (κ1) is 19.2. The highest BCUT2D eigenvalue weighted by molar-refractivity contribution is 6.32. The summed E-state index contributed by atoms with van der Waals surface area (Å²) in [6, 6.07) is 3.37. The van der Waals surface area contributed by atoms with Gasteiger partial charge in [0.1, 0.15) is 23.0 Å². The number of likely N-dealkylation sites (N-methyl/N-ethyl adjacent to an activating group) is 1. The Balaban J connectivity index is 1.73. The van der Waals surface area contributed by atoms with E-state index in [1.54, 1.807) is 24.1 Å². The number of piperazine rings is 1. The number of carbonyl (C=O) groups is 1. The van der Waals surface area contributed by atoms with Crippen LogP contribution in [-0.2, 0) is 0 Å². The molecule has 1 aliphatic rings. The Labute approximate surface area is 163 Å². The smallest absolute Gasteiger partial charge is 0.274 e. The van der Waals surface area contributed by atoms with Crippen LogP contribution in [0.5, 0.6) is 11.5 Å². The van der Waals surface area contributed by atoms with E-state index >= 15 is 0 Å². The second kappa shape index (κ2) is 8.41. The Morgan fingerprint density at radius 3 is 2.37 bits per heavy atom. The van der Waals surface area contributed by atoms with Crippen molar-refractivity contribution < 1.29 is 14.3 Å². The number of hydrogen-bond donors (Lipinski definition) is 1. The Bertz CT molecular complexity index is 807. The Hall–Kier alpha value is -2.58. The maximum absolute atomic E-state index is 12.5. The number of nitrogens with one attached hydrogen (secondary N) is 1. The van der Waals surface area contributed by atoms with E-state index in [-0.39, 0.29) is 5.91 Å². The minimum absolute atomic E-state index is 0.104. The van der Waals surface area contributed by atoms with E-state index in [0.29, 0.717) is 46.8 Å². The minimum atomic E-state index is -0.104. The van der Waals surface area contributed by atoms with Gasteiger partial charge in [0.25, 0.3) is 5.91 Å². The van der Waals surface area contributed by atoms with Crippen LogP contribution in [0.1, 0.15) is 10.5 Å². The molecule has 0 saturated carbocycles. The van der Waals surface area contributed by atoms with Crippen molar-refractivity contribution in [2.24, 2.45) is 0 Å². The monoisotopic (exact) mass is 391 g/mol. The zero-order chi connectivity index (χ0) is 19.4. The maximum Gasteiger partial charge on any atom is 0.274 e. The number of ether oxygens (including phenoxy) is 2. The number of aromatic nitrogens is 2. The molecule has 1 aliphatic heterocycles. The number of methoxy groups -OCH3 is 2. The van der Waals surface area contributed by atoms with Crippen molar-refractivity contribution in [1.82, 2.24) is 19.8 Å². The Morgan fingerprint density at radius 1 is 1.07 bits per heavy atom. The molecule has 0 spiro atoms. The van der Waals surface area contributed by atoms with Crippen LogP contribution in [0.2, 0.25) is 5.02 Å². The first-order valence-electron chi connectivity index (χ1n) is 8.50. The first-order valence-corrected chi connectivity index (χ1v) is 8.88. The van der Waals surface area contributed by atoms with E-state index in [9.17, 15) is 4.79 Å². The van der Waals surface area contributed by atoms with Gasteiger partial charge in [0.05, 0.1) is 37.3 Å². The molecular weight excluding hydrogens is 370 g/mol. The van der Waals surface area contributed by atoms with E-state index in [2.05, 4.69) is 20.2 Å². The number of hydrogen-bond acceptors (Lipinski definition) is 7. The van der Waals surface area contributed by atoms with Crippen molar-refractivity contribution in [3.8, 4) is 11.5 Å². The van der Waals surface area contributed by atoms with Gasteiger partial charge in [-0.15, -0.1) is 0 Å². The third-order valence-corrected chi connectivity index (χ3v) is 4.69. The summed E-state index contributed by atoms with van der Waals surface area (Å²) in [5, 5.41) is 3.55. The van der Waals surface area contributed by atoms with Gasteiger partial charge >= 0.3 is 0 Å². The lowest BCUT2D eigenvalue weighted by atomic mass is 10.2. The van der Waals surface area contributed by atoms with Gasteiger partial charge in [-0.1, -0.05) is 11.6 Å². The van der Waals surface area contributed by atoms with Crippen LogP contribution in [0.15, 0.2) is 24.5 Å². The summed E-state index contributed by atoms with van der Waals surface area (Å²) in [5.41, 5.74) is 0.956. The summed E-state index contributed by atoms with van der Waals surface area (Å²) >= 11 is 6.12. The summed E-state index contributed by atoms with van der Waals surface area (Å²) in [4.78, 5) is 25.1. The number of rotatable bonds is 5. The molecule has 1 fully saturated rings. The molecule has 1 aromatic heterocycles. The van der Waals surface area contributed by atoms with Crippen molar-refractivity contribution in [3.63, 3.8) is 0 Å². The van der Waals surface area contributed by atoms with E-state index < -0.39 is 0 Å². The summed E-state index contributed by atoms with van der Waals surface area (Å²) in [5.74, 6) is 1.43. The normalized spacial score (nSPS) is 14.7. The number of amides is 1. The zero-order valence-corrected chi connectivity index (χ0v) is 16.3. The maximum atomic E-state index is 12.5. The third-order valence-electron chi connectivity index (χ3n) is 4.40. The fraction of sp³-hybridized carbons (Fsp3) is 0.389. The second-order valence-electron chi connectivity index (χ2n) is 6.19. The molecule has 144 valence electrons. The van der Waals surface area contributed by atoms with Gasteiger partial charge in [0.2, 0.25) is 0 Å². The van der Waals surface area contributed by atoms with Crippen molar-refractivity contribution in [1.29, 1.82) is 0 Å². The van der Waals surface area contributed by atoms with Gasteiger partial charge in [-0.05, 0) is 7.05 Å². The van der Waals surface area contributed by atoms with Crippen molar-refractivity contribution in [2.75, 3.05) is 52.8 Å². The quantitative estimate of drug-likeness (QED) is 0.837.